The van der Waals surface area contributed by atoms with Crippen LogP contribution >= 0.6 is 0 Å². The van der Waals surface area contributed by atoms with Crippen LogP contribution < -0.4 is 5.56 Å². The monoisotopic (exact) mass is 279 g/mol. The molecule has 0 N–H and O–H groups in total. The van der Waals surface area contributed by atoms with Crippen molar-refractivity contribution >= 4 is 11.7 Å². The predicted molar refractivity (Wildman–Crippen MR) is 67.9 cm³/mol. The molecule has 0 fully saturated rings. The largest absolute Gasteiger partial charge is 0.459 e. The van der Waals surface area contributed by atoms with Crippen LogP contribution in [0.2, 0.25) is 0 Å². The van der Waals surface area contributed by atoms with Gasteiger partial charge in [-0.2, -0.15) is 5.26 Å². The zero-order valence-electron chi connectivity index (χ0n) is 11.2. The molecule has 0 unspecified atom stereocenters. The van der Waals surface area contributed by atoms with Crippen molar-refractivity contribution in [2.45, 2.75) is 32.9 Å². The quantitative estimate of drug-likeness (QED) is 0.462. The number of nitro groups is 1. The molecule has 8 heteroatoms. The number of hydrogen-bond acceptors (Lipinski definition) is 6. The summed E-state index contributed by atoms with van der Waals surface area (Å²) in [5, 5.41) is 19.5. The molecule has 20 heavy (non-hydrogen) atoms. The third-order valence-electron chi connectivity index (χ3n) is 2.12. The Morgan fingerprint density at radius 2 is 2.15 bits per heavy atom. The molecule has 0 atom stereocenters. The van der Waals surface area contributed by atoms with E-state index in [0.29, 0.717) is 0 Å². The van der Waals surface area contributed by atoms with Crippen LogP contribution in [0.25, 0.3) is 0 Å². The summed E-state index contributed by atoms with van der Waals surface area (Å²) in [4.78, 5) is 33.4. The molecule has 0 bridgehead atoms. The predicted octanol–water partition coefficient (Wildman–Crippen LogP) is 0.970. The van der Waals surface area contributed by atoms with Crippen LogP contribution in [0.4, 0.5) is 5.69 Å². The van der Waals surface area contributed by atoms with Crippen LogP contribution in [0.5, 0.6) is 0 Å². The molecule has 0 radical (unpaired) electrons. The summed E-state index contributed by atoms with van der Waals surface area (Å²) in [7, 11) is 0. The van der Waals surface area contributed by atoms with E-state index < -0.39 is 39.8 Å². The van der Waals surface area contributed by atoms with Gasteiger partial charge in [-0.3, -0.25) is 24.3 Å². The van der Waals surface area contributed by atoms with Gasteiger partial charge in [0.1, 0.15) is 23.8 Å². The van der Waals surface area contributed by atoms with E-state index in [0.717, 1.165) is 16.8 Å². The van der Waals surface area contributed by atoms with Crippen LogP contribution in [0.15, 0.2) is 17.1 Å². The molecule has 1 rings (SSSR count). The lowest BCUT2D eigenvalue weighted by molar-refractivity contribution is -0.385. The molecule has 0 spiro atoms. The molecule has 0 aliphatic carbocycles. The molecule has 1 aromatic heterocycles. The van der Waals surface area contributed by atoms with E-state index in [-0.39, 0.29) is 0 Å². The van der Waals surface area contributed by atoms with Crippen molar-refractivity contribution in [3.05, 3.63) is 38.3 Å². The number of aromatic nitrogens is 1. The van der Waals surface area contributed by atoms with Gasteiger partial charge in [0.15, 0.2) is 0 Å². The maximum Gasteiger partial charge on any atom is 0.326 e. The first kappa shape index (κ1) is 15.4. The number of nitrogens with zero attached hydrogens (tertiary/aromatic N) is 3. The maximum absolute atomic E-state index is 11.8. The average Bonchev–Trinajstić information content (AvgIpc) is 2.28. The van der Waals surface area contributed by atoms with E-state index in [1.54, 1.807) is 26.8 Å². The van der Waals surface area contributed by atoms with Gasteiger partial charge >= 0.3 is 5.97 Å². The number of nitriles is 1. The van der Waals surface area contributed by atoms with Gasteiger partial charge in [-0.05, 0) is 20.8 Å². The van der Waals surface area contributed by atoms with Crippen molar-refractivity contribution in [3.8, 4) is 6.07 Å². The molecule has 1 heterocycles. The molecule has 0 saturated heterocycles. The van der Waals surface area contributed by atoms with Gasteiger partial charge in [0.05, 0.1) is 11.1 Å². The SMILES string of the molecule is CC(C)(C)OC(=O)Cn1cc([N+](=O)[O-])cc(C#N)c1=O. The second-order valence-electron chi connectivity index (χ2n) is 5.00. The number of ether oxygens (including phenoxy) is 1. The van der Waals surface area contributed by atoms with Crippen molar-refractivity contribution in [1.29, 1.82) is 5.26 Å². The van der Waals surface area contributed by atoms with E-state index in [2.05, 4.69) is 0 Å². The highest BCUT2D eigenvalue weighted by molar-refractivity contribution is 5.69. The van der Waals surface area contributed by atoms with Crippen LogP contribution in [-0.2, 0) is 16.1 Å². The fraction of sp³-hybridized carbons (Fsp3) is 0.417. The first-order valence-electron chi connectivity index (χ1n) is 5.65. The number of rotatable bonds is 3. The zero-order chi connectivity index (χ0) is 15.5. The standard InChI is InChI=1S/C12H13N3O5/c1-12(2,3)20-10(16)7-14-6-9(15(18)19)4-8(5-13)11(14)17/h4,6H,7H2,1-3H3. The summed E-state index contributed by atoms with van der Waals surface area (Å²) in [6, 6.07) is 2.43. The summed E-state index contributed by atoms with van der Waals surface area (Å²) in [5.74, 6) is -0.719. The average molecular weight is 279 g/mol. The Kier molecular flexibility index (Phi) is 4.24. The van der Waals surface area contributed by atoms with Crippen molar-refractivity contribution in [3.63, 3.8) is 0 Å². The minimum absolute atomic E-state index is 0.400. The highest BCUT2D eigenvalue weighted by Gasteiger charge is 2.19. The summed E-state index contributed by atoms with van der Waals surface area (Å²) >= 11 is 0. The van der Waals surface area contributed by atoms with Crippen LogP contribution in [0.1, 0.15) is 26.3 Å². The minimum Gasteiger partial charge on any atom is -0.459 e. The van der Waals surface area contributed by atoms with Crippen molar-refractivity contribution in [1.82, 2.24) is 4.57 Å². The molecule has 0 aliphatic rings. The third kappa shape index (κ3) is 3.91. The van der Waals surface area contributed by atoms with E-state index in [1.165, 1.54) is 0 Å². The van der Waals surface area contributed by atoms with Gasteiger partial charge in [0.2, 0.25) is 0 Å². The van der Waals surface area contributed by atoms with Crippen molar-refractivity contribution in [2.24, 2.45) is 0 Å². The molecular formula is C12H13N3O5. The molecular weight excluding hydrogens is 266 g/mol. The zero-order valence-corrected chi connectivity index (χ0v) is 11.2. The van der Waals surface area contributed by atoms with Gasteiger partial charge in [-0.15, -0.1) is 0 Å². The molecule has 0 aliphatic heterocycles. The Morgan fingerprint density at radius 3 is 2.60 bits per heavy atom. The van der Waals surface area contributed by atoms with Crippen LogP contribution in [0.3, 0.4) is 0 Å². The number of hydrogen-bond donors (Lipinski definition) is 0. The topological polar surface area (TPSA) is 115 Å². The summed E-state index contributed by atoms with van der Waals surface area (Å²) in [6.45, 7) is 4.47. The Hall–Kier alpha value is -2.69. The smallest absolute Gasteiger partial charge is 0.326 e. The van der Waals surface area contributed by atoms with Gasteiger partial charge in [0, 0.05) is 6.07 Å². The molecule has 1 aromatic rings. The number of esters is 1. The first-order valence-corrected chi connectivity index (χ1v) is 5.65. The lowest BCUT2D eigenvalue weighted by atomic mass is 10.2. The van der Waals surface area contributed by atoms with Crippen LogP contribution in [0, 0.1) is 21.4 Å². The second kappa shape index (κ2) is 5.52. The van der Waals surface area contributed by atoms with Gasteiger partial charge in [-0.1, -0.05) is 0 Å². The summed E-state index contributed by atoms with van der Waals surface area (Å²) in [5.41, 5.74) is -2.35. The van der Waals surface area contributed by atoms with Gasteiger partial charge in [-0.25, -0.2) is 0 Å². The fourth-order valence-electron chi connectivity index (χ4n) is 1.43. The Balaban J connectivity index is 3.16. The fourth-order valence-corrected chi connectivity index (χ4v) is 1.43. The number of carbonyl (C=O) groups excluding carboxylic acids is 1. The lowest BCUT2D eigenvalue weighted by Gasteiger charge is -2.19. The highest BCUT2D eigenvalue weighted by atomic mass is 16.6. The second-order valence-corrected chi connectivity index (χ2v) is 5.00. The third-order valence-corrected chi connectivity index (χ3v) is 2.12. The van der Waals surface area contributed by atoms with Crippen molar-refractivity contribution < 1.29 is 14.5 Å². The number of pyridine rings is 1. The molecule has 0 saturated carbocycles. The van der Waals surface area contributed by atoms with Crippen LogP contribution in [-0.4, -0.2) is 21.1 Å². The minimum atomic E-state index is -0.774. The Labute approximate surface area is 114 Å². The Bertz CT molecular complexity index is 649. The molecule has 8 nitrogen and oxygen atoms in total. The van der Waals surface area contributed by atoms with E-state index >= 15 is 0 Å². The Morgan fingerprint density at radius 1 is 1.55 bits per heavy atom. The summed E-state index contributed by atoms with van der Waals surface area (Å²) < 4.78 is 5.82. The van der Waals surface area contributed by atoms with E-state index in [4.69, 9.17) is 10.00 Å². The number of carbonyl (C=O) groups is 1. The highest BCUT2D eigenvalue weighted by Crippen LogP contribution is 2.11. The lowest BCUT2D eigenvalue weighted by Crippen LogP contribution is -2.31. The maximum atomic E-state index is 11.8. The normalized spacial score (nSPS) is 10.7. The van der Waals surface area contributed by atoms with E-state index in [9.17, 15) is 19.7 Å². The van der Waals surface area contributed by atoms with Crippen molar-refractivity contribution in [2.75, 3.05) is 0 Å². The molecule has 0 aromatic carbocycles. The summed E-state index contributed by atoms with van der Waals surface area (Å²) in [6.07, 6.45) is 0.910. The first-order chi connectivity index (χ1) is 9.14. The van der Waals surface area contributed by atoms with Gasteiger partial charge in [0.25, 0.3) is 11.2 Å². The van der Waals surface area contributed by atoms with Gasteiger partial charge < -0.3 is 4.74 Å². The van der Waals surface area contributed by atoms with E-state index in [1.807, 2.05) is 0 Å². The molecule has 106 valence electrons. The molecule has 0 amide bonds.